The van der Waals surface area contributed by atoms with Crippen LogP contribution in [0, 0.1) is 18.3 Å². The molecule has 0 spiro atoms. The molecule has 15 nitrogen and oxygen atoms in total. The molecule has 17 heteroatoms. The Bertz CT molecular complexity index is 2190. The van der Waals surface area contributed by atoms with E-state index in [0.717, 1.165) is 55.7 Å². The van der Waals surface area contributed by atoms with Crippen molar-refractivity contribution >= 4 is 56.3 Å². The molecule has 2 aromatic heterocycles. The molecule has 316 valence electrons. The van der Waals surface area contributed by atoms with Gasteiger partial charge in [0, 0.05) is 43.9 Å². The van der Waals surface area contributed by atoms with Crippen molar-refractivity contribution in [3.05, 3.63) is 40.9 Å². The van der Waals surface area contributed by atoms with Crippen LogP contribution in [-0.2, 0) is 42.3 Å². The Labute approximate surface area is 345 Å². The van der Waals surface area contributed by atoms with Crippen molar-refractivity contribution < 1.29 is 37.1 Å². The lowest BCUT2D eigenvalue weighted by Crippen LogP contribution is -2.53. The number of aryl methyl sites for hydroxylation is 3. The first-order chi connectivity index (χ1) is 27.4. The van der Waals surface area contributed by atoms with Gasteiger partial charge in [0.05, 0.1) is 29.2 Å². The monoisotopic (exact) mass is 839 g/mol. The molecule has 3 aromatic rings. The standard InChI is InChI=1S/C41H57N7O8S2/c1-9-29-25(3)57-35(42-29)28-18-16-20-31-34(28)44-38(47(31)10-2)55-27-21-32-33(49)23-41(37(51)45-58(53,54)46(7)8)22-26(41)17-14-12-11-13-15-19-30(36(50)48(32)24-27)43-39(52)56-40(4,5)6/h14,16-18,20,26-27,30,32H,9-13,15,19,21-24H2,1-8H3,(H,43,52)(H,45,51)/b17-14-/t26-,27+,30-,32-,41+/m0/s1. The van der Waals surface area contributed by atoms with Gasteiger partial charge in [0.2, 0.25) is 11.8 Å². The zero-order chi connectivity index (χ0) is 42.2. The number of alkyl carbamates (subject to hydrolysis) is 1. The van der Waals surface area contributed by atoms with E-state index in [1.807, 2.05) is 41.8 Å². The van der Waals surface area contributed by atoms with Gasteiger partial charge in [-0.15, -0.1) is 11.3 Å². The van der Waals surface area contributed by atoms with E-state index in [9.17, 15) is 27.6 Å². The van der Waals surface area contributed by atoms with Gasteiger partial charge in [-0.05, 0) is 84.8 Å². The molecule has 1 saturated carbocycles. The highest BCUT2D eigenvalue weighted by molar-refractivity contribution is 7.87. The zero-order valence-electron chi connectivity index (χ0n) is 34.8. The molecule has 6 rings (SSSR count). The molecule has 0 unspecified atom stereocenters. The molecule has 2 N–H and O–H groups in total. The first-order valence-electron chi connectivity index (χ1n) is 20.2. The molecule has 3 amide bonds. The Morgan fingerprint density at radius 3 is 2.53 bits per heavy atom. The van der Waals surface area contributed by atoms with Crippen molar-refractivity contribution in [3.63, 3.8) is 0 Å². The van der Waals surface area contributed by atoms with Gasteiger partial charge >= 0.3 is 16.3 Å². The topological polar surface area (TPSA) is 182 Å². The quantitative estimate of drug-likeness (QED) is 0.254. The number of Topliss-reactive ketones (excluding diaryl/α,β-unsaturated/α-hetero) is 1. The summed E-state index contributed by atoms with van der Waals surface area (Å²) in [6, 6.07) is 4.26. The maximum atomic E-state index is 14.6. The predicted octanol–water partition coefficient (Wildman–Crippen LogP) is 5.70. The summed E-state index contributed by atoms with van der Waals surface area (Å²) in [5.74, 6) is -1.96. The van der Waals surface area contributed by atoms with Crippen LogP contribution in [0.15, 0.2) is 30.4 Å². The number of nitrogens with one attached hydrogen (secondary N) is 2. The second-order valence-corrected chi connectivity index (χ2v) is 19.9. The number of ketones is 1. The van der Waals surface area contributed by atoms with Gasteiger partial charge in [-0.3, -0.25) is 19.0 Å². The van der Waals surface area contributed by atoms with Gasteiger partial charge in [0.15, 0.2) is 5.78 Å². The number of rotatable bonds is 9. The molecule has 58 heavy (non-hydrogen) atoms. The third-order valence-electron chi connectivity index (χ3n) is 11.2. The molecule has 3 aliphatic rings. The lowest BCUT2D eigenvalue weighted by Gasteiger charge is -2.30. The normalized spacial score (nSPS) is 25.1. The van der Waals surface area contributed by atoms with Gasteiger partial charge in [-0.25, -0.2) is 14.5 Å². The van der Waals surface area contributed by atoms with Crippen LogP contribution in [0.3, 0.4) is 0 Å². The summed E-state index contributed by atoms with van der Waals surface area (Å²) in [6.45, 7) is 11.9. The van der Waals surface area contributed by atoms with Crippen LogP contribution in [0.4, 0.5) is 4.79 Å². The van der Waals surface area contributed by atoms with E-state index in [0.29, 0.717) is 31.8 Å². The number of carbonyl (C=O) groups excluding carboxylic acids is 4. The van der Waals surface area contributed by atoms with E-state index in [1.54, 1.807) is 32.1 Å². The molecule has 1 aromatic carbocycles. The Morgan fingerprint density at radius 2 is 1.86 bits per heavy atom. The van der Waals surface area contributed by atoms with Gasteiger partial charge in [0.25, 0.3) is 6.01 Å². The van der Waals surface area contributed by atoms with Crippen LogP contribution in [-0.4, -0.2) is 100 Å². The maximum Gasteiger partial charge on any atom is 0.408 e. The maximum absolute atomic E-state index is 14.6. The van der Waals surface area contributed by atoms with Crippen molar-refractivity contribution in [1.82, 2.24) is 33.8 Å². The SMILES string of the molecule is CCc1nc(-c2cccc3c2nc(O[C@@H]2C[C@H]4C(=O)C[C@]5(C(=O)NS(=O)(=O)N(C)C)C[C@@H]5/C=C\CCCCC[C@H](NC(=O)OC(C)(C)C)C(=O)N4C2)n3CC)sc1C. The van der Waals surface area contributed by atoms with Crippen LogP contribution < -0.4 is 14.8 Å². The van der Waals surface area contributed by atoms with E-state index >= 15 is 0 Å². The lowest BCUT2D eigenvalue weighted by atomic mass is 9.91. The highest BCUT2D eigenvalue weighted by atomic mass is 32.2. The van der Waals surface area contributed by atoms with Crippen LogP contribution >= 0.6 is 11.3 Å². The van der Waals surface area contributed by atoms with E-state index in [-0.39, 0.29) is 31.7 Å². The van der Waals surface area contributed by atoms with E-state index in [1.165, 1.54) is 19.0 Å². The molecule has 4 heterocycles. The van der Waals surface area contributed by atoms with Gasteiger partial charge in [-0.2, -0.15) is 17.7 Å². The molecular weight excluding hydrogens is 783 g/mol. The number of fused-ring (bicyclic) bond motifs is 3. The van der Waals surface area contributed by atoms with Crippen molar-refractivity contribution in [1.29, 1.82) is 0 Å². The second-order valence-electron chi connectivity index (χ2n) is 16.8. The van der Waals surface area contributed by atoms with Gasteiger partial charge in [-0.1, -0.05) is 38.0 Å². The summed E-state index contributed by atoms with van der Waals surface area (Å²) < 4.78 is 42.8. The summed E-state index contributed by atoms with van der Waals surface area (Å²) in [6.07, 6.45) is 6.62. The third kappa shape index (κ3) is 9.26. The number of aromatic nitrogens is 3. The third-order valence-corrected chi connectivity index (χ3v) is 13.7. The molecule has 0 bridgehead atoms. The lowest BCUT2D eigenvalue weighted by molar-refractivity contribution is -0.140. The number of benzene rings is 1. The van der Waals surface area contributed by atoms with E-state index in [4.69, 9.17) is 19.4 Å². The molecule has 2 fully saturated rings. The van der Waals surface area contributed by atoms with Crippen LogP contribution in [0.2, 0.25) is 0 Å². The number of thiazole rings is 1. The summed E-state index contributed by atoms with van der Waals surface area (Å²) >= 11 is 1.62. The fourth-order valence-corrected chi connectivity index (χ4v) is 9.62. The molecule has 5 atom stereocenters. The number of hydrogen-bond acceptors (Lipinski definition) is 11. The van der Waals surface area contributed by atoms with Crippen molar-refractivity contribution in [2.24, 2.45) is 11.3 Å². The number of allylic oxidation sites excluding steroid dienone is 2. The summed E-state index contributed by atoms with van der Waals surface area (Å²) in [4.78, 5) is 68.6. The van der Waals surface area contributed by atoms with Gasteiger partial charge in [0.1, 0.15) is 28.3 Å². The minimum Gasteiger partial charge on any atom is -0.459 e. The summed E-state index contributed by atoms with van der Waals surface area (Å²) in [7, 11) is -1.50. The average molecular weight is 840 g/mol. The average Bonchev–Trinajstić information content (AvgIpc) is 3.41. The van der Waals surface area contributed by atoms with Crippen molar-refractivity contribution in [3.8, 4) is 16.6 Å². The number of hydrogen-bond donors (Lipinski definition) is 2. The Kier molecular flexibility index (Phi) is 12.7. The number of carbonyl (C=O) groups is 4. The van der Waals surface area contributed by atoms with Crippen LogP contribution in [0.25, 0.3) is 21.6 Å². The Hall–Kier alpha value is -4.35. The molecule has 1 aliphatic carbocycles. The molecular formula is C41H57N7O8S2. The van der Waals surface area contributed by atoms with E-state index < -0.39 is 63.1 Å². The van der Waals surface area contributed by atoms with Crippen molar-refractivity contribution in [2.45, 2.75) is 130 Å². The Balaban J connectivity index is 1.35. The first-order valence-corrected chi connectivity index (χ1v) is 22.5. The number of amides is 3. The number of nitrogens with zero attached hydrogens (tertiary/aromatic N) is 5. The molecule has 1 saturated heterocycles. The zero-order valence-corrected chi connectivity index (χ0v) is 36.4. The Morgan fingerprint density at radius 1 is 1.10 bits per heavy atom. The summed E-state index contributed by atoms with van der Waals surface area (Å²) in [5, 5.41) is 3.64. The summed E-state index contributed by atoms with van der Waals surface area (Å²) in [5.41, 5.74) is 1.40. The number of ether oxygens (including phenoxy) is 2. The van der Waals surface area contributed by atoms with Crippen LogP contribution in [0.5, 0.6) is 6.01 Å². The first kappa shape index (κ1) is 43.2. The smallest absolute Gasteiger partial charge is 0.408 e. The highest BCUT2D eigenvalue weighted by Gasteiger charge is 2.61. The van der Waals surface area contributed by atoms with E-state index in [2.05, 4.69) is 23.9 Å². The number of imidazole rings is 1. The number of para-hydroxylation sites is 1. The highest BCUT2D eigenvalue weighted by Crippen LogP contribution is 2.57. The van der Waals surface area contributed by atoms with Crippen LogP contribution in [0.1, 0.15) is 96.6 Å². The predicted molar refractivity (Wildman–Crippen MR) is 221 cm³/mol. The molecule has 2 aliphatic heterocycles. The fraction of sp³-hybridized carbons (Fsp3) is 0.610. The fourth-order valence-electron chi connectivity index (χ4n) is 7.97. The second kappa shape index (κ2) is 17.1. The minimum atomic E-state index is -4.14. The largest absolute Gasteiger partial charge is 0.459 e. The minimum absolute atomic E-state index is 0.0184. The molecule has 0 radical (unpaired) electrons. The van der Waals surface area contributed by atoms with Crippen molar-refractivity contribution in [2.75, 3.05) is 20.6 Å². The van der Waals surface area contributed by atoms with Gasteiger partial charge < -0.3 is 19.7 Å².